The van der Waals surface area contributed by atoms with Crippen molar-refractivity contribution < 1.29 is 5.11 Å². The van der Waals surface area contributed by atoms with E-state index < -0.39 is 0 Å². The summed E-state index contributed by atoms with van der Waals surface area (Å²) in [7, 11) is 0. The number of aliphatic hydroxyl groups excluding tert-OH is 1. The Morgan fingerprint density at radius 2 is 1.68 bits per heavy atom. The van der Waals surface area contributed by atoms with Gasteiger partial charge in [-0.3, -0.25) is 0 Å². The Morgan fingerprint density at radius 1 is 0.960 bits per heavy atom. The fourth-order valence-electron chi connectivity index (χ4n) is 8.45. The second-order valence-electron chi connectivity index (χ2n) is 10.6. The summed E-state index contributed by atoms with van der Waals surface area (Å²) in [4.78, 5) is 0. The molecule has 4 saturated carbocycles. The van der Waals surface area contributed by atoms with Crippen LogP contribution in [0.25, 0.3) is 0 Å². The van der Waals surface area contributed by atoms with Gasteiger partial charge >= 0.3 is 0 Å². The lowest BCUT2D eigenvalue weighted by Gasteiger charge is -2.61. The minimum atomic E-state index is -0.0128. The molecule has 4 rings (SSSR count). The number of hydrogen-bond acceptors (Lipinski definition) is 1. The lowest BCUT2D eigenvalue weighted by molar-refractivity contribution is -0.124. The Hall–Kier alpha value is -0.300. The summed E-state index contributed by atoms with van der Waals surface area (Å²) in [5.74, 6) is 4.50. The zero-order chi connectivity index (χ0) is 17.8. The number of rotatable bonds is 2. The van der Waals surface area contributed by atoms with Gasteiger partial charge in [0.05, 0.1) is 6.10 Å². The van der Waals surface area contributed by atoms with Gasteiger partial charge in [0, 0.05) is 0 Å². The van der Waals surface area contributed by atoms with Crippen LogP contribution in [-0.2, 0) is 0 Å². The van der Waals surface area contributed by atoms with Crippen LogP contribution in [0.3, 0.4) is 0 Å². The molecule has 25 heavy (non-hydrogen) atoms. The van der Waals surface area contributed by atoms with Gasteiger partial charge in [0.15, 0.2) is 0 Å². The molecule has 0 bridgehead atoms. The largest absolute Gasteiger partial charge is 0.393 e. The van der Waals surface area contributed by atoms with Crippen LogP contribution in [0.15, 0.2) is 11.6 Å². The van der Waals surface area contributed by atoms with E-state index in [0.717, 1.165) is 42.4 Å². The minimum absolute atomic E-state index is 0.0128. The van der Waals surface area contributed by atoms with E-state index in [1.165, 1.54) is 51.4 Å². The summed E-state index contributed by atoms with van der Waals surface area (Å²) in [6.45, 7) is 9.96. The van der Waals surface area contributed by atoms with Crippen LogP contribution in [0.2, 0.25) is 0 Å². The van der Waals surface area contributed by atoms with Crippen molar-refractivity contribution in [2.24, 2.45) is 40.4 Å². The second-order valence-corrected chi connectivity index (χ2v) is 10.6. The van der Waals surface area contributed by atoms with E-state index in [4.69, 9.17) is 0 Å². The molecule has 4 aliphatic rings. The zero-order valence-electron chi connectivity index (χ0n) is 17.1. The smallest absolute Gasteiger partial charge is 0.0543 e. The van der Waals surface area contributed by atoms with Crippen LogP contribution in [0.5, 0.6) is 0 Å². The van der Waals surface area contributed by atoms with Gasteiger partial charge in [-0.1, -0.05) is 32.4 Å². The van der Waals surface area contributed by atoms with Crippen LogP contribution in [0, 0.1) is 40.4 Å². The molecule has 0 aliphatic heterocycles. The van der Waals surface area contributed by atoms with E-state index in [2.05, 4.69) is 33.8 Å². The molecule has 8 atom stereocenters. The van der Waals surface area contributed by atoms with Crippen molar-refractivity contribution in [2.75, 3.05) is 0 Å². The Labute approximate surface area is 155 Å². The Bertz CT molecular complexity index is 536. The maximum absolute atomic E-state index is 10.2. The Kier molecular flexibility index (Phi) is 4.63. The van der Waals surface area contributed by atoms with Crippen molar-refractivity contribution in [2.45, 2.75) is 98.0 Å². The summed E-state index contributed by atoms with van der Waals surface area (Å²) >= 11 is 0. The first-order valence-corrected chi connectivity index (χ1v) is 11.2. The molecule has 0 saturated heterocycles. The molecule has 4 aliphatic carbocycles. The molecule has 4 fully saturated rings. The van der Waals surface area contributed by atoms with Crippen molar-refractivity contribution in [1.82, 2.24) is 0 Å². The Balaban J connectivity index is 1.59. The van der Waals surface area contributed by atoms with Gasteiger partial charge in [0.25, 0.3) is 0 Å². The molecule has 142 valence electrons. The van der Waals surface area contributed by atoms with Crippen LogP contribution in [0.1, 0.15) is 91.9 Å². The molecule has 1 heteroatoms. The molecule has 0 amide bonds. The third-order valence-electron chi connectivity index (χ3n) is 9.71. The van der Waals surface area contributed by atoms with Gasteiger partial charge < -0.3 is 5.11 Å². The lowest BCUT2D eigenvalue weighted by atomic mass is 9.44. The average Bonchev–Trinajstić information content (AvgIpc) is 2.93. The molecule has 1 nitrogen and oxygen atoms in total. The summed E-state index contributed by atoms with van der Waals surface area (Å²) in [6, 6.07) is 0. The quantitative estimate of drug-likeness (QED) is 0.578. The highest BCUT2D eigenvalue weighted by atomic mass is 16.3. The van der Waals surface area contributed by atoms with Crippen molar-refractivity contribution in [3.8, 4) is 0 Å². The van der Waals surface area contributed by atoms with E-state index in [9.17, 15) is 5.11 Å². The highest BCUT2D eigenvalue weighted by Crippen LogP contribution is 2.68. The fourth-order valence-corrected chi connectivity index (χ4v) is 8.45. The van der Waals surface area contributed by atoms with Crippen molar-refractivity contribution in [3.63, 3.8) is 0 Å². The average molecular weight is 345 g/mol. The SMILES string of the molecule is CC/C=C(\C)C1CCC2C3CCC4CC(O)CCC4(C)C3CC[C@]12C. The van der Waals surface area contributed by atoms with Gasteiger partial charge in [-0.25, -0.2) is 0 Å². The van der Waals surface area contributed by atoms with Gasteiger partial charge in [0.2, 0.25) is 0 Å². The third kappa shape index (κ3) is 2.67. The monoisotopic (exact) mass is 344 g/mol. The fraction of sp³-hybridized carbons (Fsp3) is 0.917. The zero-order valence-corrected chi connectivity index (χ0v) is 17.1. The van der Waals surface area contributed by atoms with Gasteiger partial charge in [-0.2, -0.15) is 0 Å². The maximum atomic E-state index is 10.2. The van der Waals surface area contributed by atoms with Gasteiger partial charge in [0.1, 0.15) is 0 Å². The standard InChI is InChI=1S/C24H40O/c1-5-6-16(2)20-9-10-21-19-8-7-17-15-18(25)11-13-23(17,3)22(19)12-14-24(20,21)4/h6,17-22,25H,5,7-15H2,1-4H3/b16-6+/t17?,18?,19?,20?,21?,22?,23?,24-/m1/s1. The molecule has 0 aromatic rings. The minimum Gasteiger partial charge on any atom is -0.393 e. The van der Waals surface area contributed by atoms with E-state index in [1.807, 2.05) is 0 Å². The second kappa shape index (κ2) is 6.39. The normalized spacial score (nSPS) is 53.1. The molecular formula is C24H40O. The summed E-state index contributed by atoms with van der Waals surface area (Å²) in [5.41, 5.74) is 2.77. The van der Waals surface area contributed by atoms with Gasteiger partial charge in [-0.05, 0) is 112 Å². The summed E-state index contributed by atoms with van der Waals surface area (Å²) < 4.78 is 0. The summed E-state index contributed by atoms with van der Waals surface area (Å²) in [5, 5.41) is 10.2. The number of fused-ring (bicyclic) bond motifs is 5. The third-order valence-corrected chi connectivity index (χ3v) is 9.71. The highest BCUT2D eigenvalue weighted by Gasteiger charge is 2.60. The summed E-state index contributed by atoms with van der Waals surface area (Å²) in [6.07, 6.45) is 15.7. The van der Waals surface area contributed by atoms with Crippen LogP contribution < -0.4 is 0 Å². The first kappa shape index (κ1) is 18.1. The van der Waals surface area contributed by atoms with Crippen LogP contribution >= 0.6 is 0 Å². The Morgan fingerprint density at radius 3 is 2.44 bits per heavy atom. The molecule has 0 aromatic heterocycles. The van der Waals surface area contributed by atoms with Crippen molar-refractivity contribution >= 4 is 0 Å². The van der Waals surface area contributed by atoms with Crippen LogP contribution in [-0.4, -0.2) is 11.2 Å². The molecule has 0 aromatic carbocycles. The lowest BCUT2D eigenvalue weighted by Crippen LogP contribution is -2.53. The van der Waals surface area contributed by atoms with Gasteiger partial charge in [-0.15, -0.1) is 0 Å². The topological polar surface area (TPSA) is 20.2 Å². The van der Waals surface area contributed by atoms with E-state index in [1.54, 1.807) is 5.57 Å². The molecule has 0 radical (unpaired) electrons. The first-order valence-electron chi connectivity index (χ1n) is 11.2. The van der Waals surface area contributed by atoms with Crippen molar-refractivity contribution in [3.05, 3.63) is 11.6 Å². The maximum Gasteiger partial charge on any atom is 0.0543 e. The molecule has 0 spiro atoms. The predicted molar refractivity (Wildman–Crippen MR) is 105 cm³/mol. The molecular weight excluding hydrogens is 304 g/mol. The van der Waals surface area contributed by atoms with E-state index in [-0.39, 0.29) is 6.10 Å². The number of allylic oxidation sites excluding steroid dienone is 2. The van der Waals surface area contributed by atoms with Crippen molar-refractivity contribution in [1.29, 1.82) is 0 Å². The predicted octanol–water partition coefficient (Wildman–Crippen LogP) is 6.36. The molecule has 1 N–H and O–H groups in total. The highest BCUT2D eigenvalue weighted by molar-refractivity contribution is 5.17. The number of aliphatic hydroxyl groups is 1. The van der Waals surface area contributed by atoms with E-state index in [0.29, 0.717) is 10.8 Å². The van der Waals surface area contributed by atoms with E-state index >= 15 is 0 Å². The molecule has 7 unspecified atom stereocenters. The first-order chi connectivity index (χ1) is 11.9. The molecule has 0 heterocycles. The number of hydrogen-bond donors (Lipinski definition) is 1. The van der Waals surface area contributed by atoms with Crippen LogP contribution in [0.4, 0.5) is 0 Å².